The quantitative estimate of drug-likeness (QED) is 0.313. The maximum absolute atomic E-state index is 9.88. The van der Waals surface area contributed by atoms with E-state index < -0.39 is 18.0 Å². The molecule has 0 aliphatic rings. The van der Waals surface area contributed by atoms with Gasteiger partial charge in [-0.25, -0.2) is 9.59 Å². The van der Waals surface area contributed by atoms with E-state index in [1.165, 1.54) is 0 Å². The van der Waals surface area contributed by atoms with Gasteiger partial charge in [0, 0.05) is 0 Å². The van der Waals surface area contributed by atoms with Crippen LogP contribution in [-0.2, 0) is 14.4 Å². The van der Waals surface area contributed by atoms with E-state index in [4.69, 9.17) is 25.5 Å². The highest BCUT2D eigenvalue weighted by atomic mass is 32.1. The summed E-state index contributed by atoms with van der Waals surface area (Å²) < 4.78 is 0. The highest BCUT2D eigenvalue weighted by molar-refractivity contribution is 7.96. The molecular formula is C5H9NO5S. The normalized spacial score (nSPS) is 10.6. The number of aliphatic carboxylic acids is 2. The van der Waals surface area contributed by atoms with Crippen LogP contribution in [0, 0.1) is 0 Å². The van der Waals surface area contributed by atoms with Crippen LogP contribution < -0.4 is 5.73 Å². The summed E-state index contributed by atoms with van der Waals surface area (Å²) in [6.45, 7) is 1.59. The molecule has 0 saturated heterocycles. The zero-order valence-electron chi connectivity index (χ0n) is 6.22. The Morgan fingerprint density at radius 3 is 1.42 bits per heavy atom. The Kier molecular flexibility index (Phi) is 7.45. The zero-order chi connectivity index (χ0) is 10.3. The third-order valence-electron chi connectivity index (χ3n) is 0.572. The molecule has 0 bridgehead atoms. The molecular weight excluding hydrogens is 186 g/mol. The fourth-order valence-electron chi connectivity index (χ4n) is 0. The molecule has 1 atom stereocenters. The molecule has 0 aromatic heterocycles. The van der Waals surface area contributed by atoms with Gasteiger partial charge in [0.15, 0.2) is 0 Å². The van der Waals surface area contributed by atoms with Crippen molar-refractivity contribution < 1.29 is 24.6 Å². The van der Waals surface area contributed by atoms with E-state index in [-0.39, 0.29) is 5.12 Å². The molecule has 0 aliphatic heterocycles. The van der Waals surface area contributed by atoms with Gasteiger partial charge in [-0.1, -0.05) is 0 Å². The smallest absolute Gasteiger partial charge is 0.414 e. The van der Waals surface area contributed by atoms with Gasteiger partial charge in [0.2, 0.25) is 5.12 Å². The number of nitrogens with two attached hydrogens (primary N) is 1. The Balaban J connectivity index is 0. The number of thiol groups is 1. The molecule has 0 rings (SSSR count). The first-order chi connectivity index (χ1) is 5.29. The molecule has 6 nitrogen and oxygen atoms in total. The van der Waals surface area contributed by atoms with Crippen LogP contribution in [0.15, 0.2) is 0 Å². The maximum Gasteiger partial charge on any atom is 0.414 e. The number of rotatable bonds is 1. The molecule has 0 spiro atoms. The van der Waals surface area contributed by atoms with Gasteiger partial charge in [0.05, 0.1) is 6.04 Å². The summed E-state index contributed by atoms with van der Waals surface area (Å²) in [4.78, 5) is 28.1. The summed E-state index contributed by atoms with van der Waals surface area (Å²) in [5.74, 6) is -3.65. The lowest BCUT2D eigenvalue weighted by Crippen LogP contribution is -2.21. The van der Waals surface area contributed by atoms with Crippen LogP contribution in [0.25, 0.3) is 0 Å². The second-order valence-electron chi connectivity index (χ2n) is 1.74. The highest BCUT2D eigenvalue weighted by Gasteiger charge is 2.04. The van der Waals surface area contributed by atoms with Gasteiger partial charge in [-0.15, -0.1) is 12.6 Å². The first-order valence-corrected chi connectivity index (χ1v) is 3.18. The molecule has 12 heavy (non-hydrogen) atoms. The zero-order valence-corrected chi connectivity index (χ0v) is 7.12. The van der Waals surface area contributed by atoms with Crippen LogP contribution in [0.3, 0.4) is 0 Å². The van der Waals surface area contributed by atoms with Crippen molar-refractivity contribution in [2.24, 2.45) is 5.73 Å². The molecule has 0 amide bonds. The summed E-state index contributed by atoms with van der Waals surface area (Å²) in [7, 11) is 0. The fraction of sp³-hybridized carbons (Fsp3) is 0.400. The molecule has 70 valence electrons. The lowest BCUT2D eigenvalue weighted by Gasteiger charge is -1.90. The van der Waals surface area contributed by atoms with Gasteiger partial charge in [0.1, 0.15) is 0 Å². The van der Waals surface area contributed by atoms with Gasteiger partial charge in [-0.2, -0.15) is 0 Å². The van der Waals surface area contributed by atoms with Gasteiger partial charge < -0.3 is 15.9 Å². The number of carbonyl (C=O) groups excluding carboxylic acids is 1. The van der Waals surface area contributed by atoms with E-state index in [9.17, 15) is 4.79 Å². The third kappa shape index (κ3) is 11.7. The number of carbonyl (C=O) groups is 3. The van der Waals surface area contributed by atoms with E-state index in [2.05, 4.69) is 12.6 Å². The lowest BCUT2D eigenvalue weighted by atomic mass is 10.4. The van der Waals surface area contributed by atoms with Gasteiger partial charge in [-0.3, -0.25) is 4.79 Å². The van der Waals surface area contributed by atoms with Crippen molar-refractivity contribution in [3.8, 4) is 0 Å². The lowest BCUT2D eigenvalue weighted by molar-refractivity contribution is -0.159. The SMILES string of the molecule is C[C@H](N)C(=O)S.O=C(O)C(=O)O. The topological polar surface area (TPSA) is 118 Å². The monoisotopic (exact) mass is 195 g/mol. The minimum absolute atomic E-state index is 0.269. The van der Waals surface area contributed by atoms with Crippen molar-refractivity contribution in [2.75, 3.05) is 0 Å². The number of carboxylic acid groups (broad SMARTS) is 2. The van der Waals surface area contributed by atoms with Crippen LogP contribution in [0.2, 0.25) is 0 Å². The van der Waals surface area contributed by atoms with E-state index in [0.29, 0.717) is 0 Å². The van der Waals surface area contributed by atoms with Crippen molar-refractivity contribution in [3.05, 3.63) is 0 Å². The Morgan fingerprint density at radius 2 is 1.42 bits per heavy atom. The fourth-order valence-corrected chi connectivity index (χ4v) is 0. The molecule has 0 aromatic rings. The summed E-state index contributed by atoms with van der Waals surface area (Å²) in [5, 5.41) is 14.5. The summed E-state index contributed by atoms with van der Waals surface area (Å²) >= 11 is 3.43. The second-order valence-corrected chi connectivity index (χ2v) is 2.18. The van der Waals surface area contributed by atoms with Crippen LogP contribution in [0.1, 0.15) is 6.92 Å². The Labute approximate surface area is 73.8 Å². The van der Waals surface area contributed by atoms with E-state index in [0.717, 1.165) is 0 Å². The van der Waals surface area contributed by atoms with E-state index >= 15 is 0 Å². The summed E-state index contributed by atoms with van der Waals surface area (Å²) in [6, 6.07) is -0.423. The van der Waals surface area contributed by atoms with Crippen LogP contribution in [0.4, 0.5) is 0 Å². The first-order valence-electron chi connectivity index (χ1n) is 2.73. The van der Waals surface area contributed by atoms with Crippen LogP contribution >= 0.6 is 12.6 Å². The predicted molar refractivity (Wildman–Crippen MR) is 42.9 cm³/mol. The molecule has 0 radical (unpaired) electrons. The van der Waals surface area contributed by atoms with E-state index in [1.54, 1.807) is 6.92 Å². The minimum atomic E-state index is -1.82. The molecule has 0 unspecified atom stereocenters. The predicted octanol–water partition coefficient (Wildman–Crippen LogP) is -1.05. The Bertz CT molecular complexity index is 178. The average molecular weight is 195 g/mol. The second kappa shape index (κ2) is 6.62. The molecule has 0 saturated carbocycles. The molecule has 4 N–H and O–H groups in total. The van der Waals surface area contributed by atoms with Gasteiger partial charge >= 0.3 is 11.9 Å². The molecule has 0 aromatic carbocycles. The van der Waals surface area contributed by atoms with Crippen molar-refractivity contribution >= 4 is 29.7 Å². The van der Waals surface area contributed by atoms with Crippen molar-refractivity contribution in [1.82, 2.24) is 0 Å². The standard InChI is InChI=1S/C3H7NOS.C2H2O4/c1-2(4)3(5)6;3-1(4)2(5)6/h2H,4H2,1H3,(H,5,6);(H,3,4)(H,5,6)/t2-;/m0./s1. The molecule has 7 heteroatoms. The number of hydrogen-bond donors (Lipinski definition) is 4. The highest BCUT2D eigenvalue weighted by Crippen LogP contribution is 1.80. The third-order valence-corrected chi connectivity index (χ3v) is 0.980. The Hall–Kier alpha value is -1.08. The summed E-state index contributed by atoms with van der Waals surface area (Å²) in [6.07, 6.45) is 0. The first kappa shape index (κ1) is 13.5. The maximum atomic E-state index is 9.88. The largest absolute Gasteiger partial charge is 0.473 e. The molecule has 0 fully saturated rings. The van der Waals surface area contributed by atoms with Crippen molar-refractivity contribution in [3.63, 3.8) is 0 Å². The number of hydrogen-bond acceptors (Lipinski definition) is 4. The molecule has 0 heterocycles. The Morgan fingerprint density at radius 1 is 1.25 bits per heavy atom. The van der Waals surface area contributed by atoms with Gasteiger partial charge in [-0.05, 0) is 6.92 Å². The minimum Gasteiger partial charge on any atom is -0.473 e. The van der Waals surface area contributed by atoms with Crippen LogP contribution in [0.5, 0.6) is 0 Å². The average Bonchev–Trinajstić information content (AvgIpc) is 1.88. The van der Waals surface area contributed by atoms with Crippen molar-refractivity contribution in [2.45, 2.75) is 13.0 Å². The van der Waals surface area contributed by atoms with Crippen LogP contribution in [-0.4, -0.2) is 33.3 Å². The van der Waals surface area contributed by atoms with E-state index in [1.807, 2.05) is 0 Å². The van der Waals surface area contributed by atoms with Gasteiger partial charge in [0.25, 0.3) is 0 Å². The number of carboxylic acids is 2. The molecule has 0 aliphatic carbocycles. The summed E-state index contributed by atoms with van der Waals surface area (Å²) in [5.41, 5.74) is 5.01. The van der Waals surface area contributed by atoms with Crippen molar-refractivity contribution in [1.29, 1.82) is 0 Å².